The van der Waals surface area contributed by atoms with Gasteiger partial charge in [0.15, 0.2) is 0 Å². The first kappa shape index (κ1) is 8.84. The van der Waals surface area contributed by atoms with Crippen molar-refractivity contribution in [2.75, 3.05) is 0 Å². The average Bonchev–Trinajstić information content (AvgIpc) is 2.96. The van der Waals surface area contributed by atoms with Gasteiger partial charge >= 0.3 is 0 Å². The Hall–Kier alpha value is -0.260. The van der Waals surface area contributed by atoms with Gasteiger partial charge in [0, 0.05) is 0 Å². The van der Waals surface area contributed by atoms with Crippen LogP contribution >= 0.6 is 0 Å². The summed E-state index contributed by atoms with van der Waals surface area (Å²) < 4.78 is 0. The van der Waals surface area contributed by atoms with Crippen molar-refractivity contribution in [3.8, 4) is 0 Å². The Morgan fingerprint density at radius 1 is 1.00 bits per heavy atom. The molecule has 4 bridgehead atoms. The smallest absolute Gasteiger partial charge is 0.0144 e. The van der Waals surface area contributed by atoms with Crippen molar-refractivity contribution < 1.29 is 0 Å². The van der Waals surface area contributed by atoms with E-state index in [0.717, 1.165) is 35.5 Å². The van der Waals surface area contributed by atoms with Crippen molar-refractivity contribution in [3.05, 3.63) is 11.6 Å². The van der Waals surface area contributed by atoms with Gasteiger partial charge in [-0.1, -0.05) is 18.6 Å². The molecule has 0 N–H and O–H groups in total. The van der Waals surface area contributed by atoms with Crippen LogP contribution in [0, 0.1) is 35.5 Å². The van der Waals surface area contributed by atoms with Gasteiger partial charge in [0.1, 0.15) is 0 Å². The molecule has 0 nitrogen and oxygen atoms in total. The molecule has 3 fully saturated rings. The Balaban J connectivity index is 1.66. The first-order chi connectivity index (χ1) is 7.33. The quantitative estimate of drug-likeness (QED) is 0.563. The SMILES string of the molecule is CC1C2CCC(C2)C1C1=CC2CCC1C2. The van der Waals surface area contributed by atoms with Crippen LogP contribution in [0.3, 0.4) is 0 Å². The second-order valence-corrected chi connectivity index (χ2v) is 6.65. The zero-order chi connectivity index (χ0) is 9.99. The molecule has 0 amide bonds. The van der Waals surface area contributed by atoms with E-state index in [1.165, 1.54) is 19.3 Å². The van der Waals surface area contributed by atoms with E-state index in [4.69, 9.17) is 0 Å². The van der Waals surface area contributed by atoms with E-state index in [1.54, 1.807) is 19.3 Å². The van der Waals surface area contributed by atoms with Crippen molar-refractivity contribution in [2.24, 2.45) is 35.5 Å². The highest BCUT2D eigenvalue weighted by Gasteiger charge is 2.49. The molecule has 6 unspecified atom stereocenters. The maximum atomic E-state index is 2.70. The fourth-order valence-electron chi connectivity index (χ4n) is 5.42. The van der Waals surface area contributed by atoms with Crippen LogP contribution in [0.4, 0.5) is 0 Å². The van der Waals surface area contributed by atoms with Crippen molar-refractivity contribution in [1.82, 2.24) is 0 Å². The second-order valence-electron chi connectivity index (χ2n) is 6.65. The van der Waals surface area contributed by atoms with Crippen LogP contribution < -0.4 is 0 Å². The van der Waals surface area contributed by atoms with Gasteiger partial charge in [0.05, 0.1) is 0 Å². The van der Waals surface area contributed by atoms with Crippen molar-refractivity contribution in [1.29, 1.82) is 0 Å². The molecule has 3 saturated carbocycles. The highest BCUT2D eigenvalue weighted by Crippen LogP contribution is 2.59. The molecule has 0 saturated heterocycles. The number of fused-ring (bicyclic) bond motifs is 4. The molecule has 0 spiro atoms. The van der Waals surface area contributed by atoms with Gasteiger partial charge in [-0.15, -0.1) is 0 Å². The number of hydrogen-bond donors (Lipinski definition) is 0. The van der Waals surface area contributed by atoms with Gasteiger partial charge in [-0.2, -0.15) is 0 Å². The van der Waals surface area contributed by atoms with Crippen LogP contribution in [0.5, 0.6) is 0 Å². The standard InChI is InChI=1S/C15H22/c1-9-11-4-5-13(8-11)15(9)14-7-10-2-3-12(14)6-10/h7,9-13,15H,2-6,8H2,1H3. The fourth-order valence-corrected chi connectivity index (χ4v) is 5.42. The number of allylic oxidation sites excluding steroid dienone is 2. The highest BCUT2D eigenvalue weighted by atomic mass is 14.5. The summed E-state index contributed by atoms with van der Waals surface area (Å²) >= 11 is 0. The Kier molecular flexibility index (Phi) is 1.71. The first-order valence-electron chi connectivity index (χ1n) is 7.04. The van der Waals surface area contributed by atoms with Gasteiger partial charge < -0.3 is 0 Å². The van der Waals surface area contributed by atoms with Gasteiger partial charge in [-0.3, -0.25) is 0 Å². The summed E-state index contributed by atoms with van der Waals surface area (Å²) in [6.07, 6.45) is 11.9. The first-order valence-corrected chi connectivity index (χ1v) is 7.04. The molecular formula is C15H22. The zero-order valence-electron chi connectivity index (χ0n) is 9.78. The third-order valence-electron chi connectivity index (χ3n) is 6.09. The second kappa shape index (κ2) is 2.90. The van der Waals surface area contributed by atoms with Crippen molar-refractivity contribution in [3.63, 3.8) is 0 Å². The fraction of sp³-hybridized carbons (Fsp3) is 0.867. The van der Waals surface area contributed by atoms with E-state index in [9.17, 15) is 0 Å². The molecule has 4 aliphatic carbocycles. The Morgan fingerprint density at radius 2 is 1.87 bits per heavy atom. The largest absolute Gasteiger partial charge is 0.0816 e. The third kappa shape index (κ3) is 1.09. The topological polar surface area (TPSA) is 0 Å². The van der Waals surface area contributed by atoms with E-state index in [0.29, 0.717) is 0 Å². The van der Waals surface area contributed by atoms with Gasteiger partial charge in [-0.25, -0.2) is 0 Å². The van der Waals surface area contributed by atoms with E-state index in [2.05, 4.69) is 13.0 Å². The molecular weight excluding hydrogens is 180 g/mol. The monoisotopic (exact) mass is 202 g/mol. The predicted octanol–water partition coefficient (Wildman–Crippen LogP) is 4.02. The Morgan fingerprint density at radius 3 is 2.47 bits per heavy atom. The van der Waals surface area contributed by atoms with Crippen LogP contribution in [0.2, 0.25) is 0 Å². The molecule has 6 atom stereocenters. The molecule has 0 aromatic heterocycles. The molecule has 82 valence electrons. The van der Waals surface area contributed by atoms with Crippen molar-refractivity contribution in [2.45, 2.75) is 45.4 Å². The average molecular weight is 202 g/mol. The molecule has 0 aromatic carbocycles. The number of hydrogen-bond acceptors (Lipinski definition) is 0. The van der Waals surface area contributed by atoms with Crippen LogP contribution in [-0.2, 0) is 0 Å². The number of rotatable bonds is 1. The van der Waals surface area contributed by atoms with Gasteiger partial charge in [0.2, 0.25) is 0 Å². The maximum Gasteiger partial charge on any atom is -0.0144 e. The third-order valence-corrected chi connectivity index (χ3v) is 6.09. The van der Waals surface area contributed by atoms with Gasteiger partial charge in [-0.05, 0) is 74.0 Å². The molecule has 0 heterocycles. The predicted molar refractivity (Wildman–Crippen MR) is 62.4 cm³/mol. The summed E-state index contributed by atoms with van der Waals surface area (Å²) in [5.74, 6) is 6.27. The summed E-state index contributed by atoms with van der Waals surface area (Å²) in [5, 5.41) is 0. The normalized spacial score (nSPS) is 56.5. The minimum absolute atomic E-state index is 0.997. The lowest BCUT2D eigenvalue weighted by molar-refractivity contribution is 0.260. The molecule has 0 heteroatoms. The summed E-state index contributed by atoms with van der Waals surface area (Å²) in [6.45, 7) is 2.54. The molecule has 4 rings (SSSR count). The van der Waals surface area contributed by atoms with Crippen LogP contribution in [-0.4, -0.2) is 0 Å². The molecule has 15 heavy (non-hydrogen) atoms. The Labute approximate surface area is 93.1 Å². The molecule has 0 aliphatic heterocycles. The lowest BCUT2D eigenvalue weighted by Gasteiger charge is -2.32. The lowest BCUT2D eigenvalue weighted by atomic mass is 9.72. The van der Waals surface area contributed by atoms with Gasteiger partial charge in [0.25, 0.3) is 0 Å². The highest BCUT2D eigenvalue weighted by molar-refractivity contribution is 5.25. The molecule has 4 aliphatic rings. The minimum atomic E-state index is 0.997. The molecule has 0 aromatic rings. The molecule has 0 radical (unpaired) electrons. The van der Waals surface area contributed by atoms with E-state index in [-0.39, 0.29) is 0 Å². The summed E-state index contributed by atoms with van der Waals surface area (Å²) in [6, 6.07) is 0. The summed E-state index contributed by atoms with van der Waals surface area (Å²) in [7, 11) is 0. The van der Waals surface area contributed by atoms with Crippen molar-refractivity contribution >= 4 is 0 Å². The summed E-state index contributed by atoms with van der Waals surface area (Å²) in [5.41, 5.74) is 1.94. The summed E-state index contributed by atoms with van der Waals surface area (Å²) in [4.78, 5) is 0. The van der Waals surface area contributed by atoms with E-state index >= 15 is 0 Å². The van der Waals surface area contributed by atoms with Crippen LogP contribution in [0.25, 0.3) is 0 Å². The van der Waals surface area contributed by atoms with Crippen LogP contribution in [0.1, 0.15) is 45.4 Å². The van der Waals surface area contributed by atoms with E-state index in [1.807, 2.05) is 5.57 Å². The van der Waals surface area contributed by atoms with Crippen LogP contribution in [0.15, 0.2) is 11.6 Å². The minimum Gasteiger partial charge on any atom is -0.0816 e. The lowest BCUT2D eigenvalue weighted by Crippen LogP contribution is -2.24. The maximum absolute atomic E-state index is 2.70. The Bertz CT molecular complexity index is 312. The van der Waals surface area contributed by atoms with E-state index < -0.39 is 0 Å². The zero-order valence-corrected chi connectivity index (χ0v) is 9.78.